The van der Waals surface area contributed by atoms with E-state index in [2.05, 4.69) is 81.6 Å². The van der Waals surface area contributed by atoms with Gasteiger partial charge < -0.3 is 25.8 Å². The first-order chi connectivity index (χ1) is 15.5. The van der Waals surface area contributed by atoms with Crippen LogP contribution in [0, 0.1) is 13.8 Å². The molecule has 7 heteroatoms. The molecule has 32 heavy (non-hydrogen) atoms. The predicted octanol–water partition coefficient (Wildman–Crippen LogP) is 4.89. The topological polar surface area (TPSA) is 68.4 Å². The molecule has 1 fully saturated rings. The lowest BCUT2D eigenvalue weighted by atomic mass is 10.1. The molecule has 166 valence electrons. The summed E-state index contributed by atoms with van der Waals surface area (Å²) in [4.78, 5) is 13.9. The summed E-state index contributed by atoms with van der Waals surface area (Å²) in [6.45, 7) is 12.1. The van der Waals surface area contributed by atoms with E-state index in [4.69, 9.17) is 4.98 Å². The fourth-order valence-corrected chi connectivity index (χ4v) is 3.68. The summed E-state index contributed by atoms with van der Waals surface area (Å²) in [6.07, 6.45) is 3.51. The number of aromatic nitrogens is 2. The van der Waals surface area contributed by atoms with Crippen molar-refractivity contribution < 1.29 is 0 Å². The van der Waals surface area contributed by atoms with Crippen LogP contribution in [0.5, 0.6) is 0 Å². The maximum Gasteiger partial charge on any atom is 0.229 e. The molecule has 0 spiro atoms. The van der Waals surface area contributed by atoms with Gasteiger partial charge in [-0.2, -0.15) is 4.98 Å². The molecule has 7 nitrogen and oxygen atoms in total. The van der Waals surface area contributed by atoms with Crippen LogP contribution in [0.15, 0.2) is 61.4 Å². The van der Waals surface area contributed by atoms with Crippen LogP contribution in [0.3, 0.4) is 0 Å². The Morgan fingerprint density at radius 2 is 1.62 bits per heavy atom. The molecular weight excluding hydrogens is 398 g/mol. The zero-order valence-electron chi connectivity index (χ0n) is 19.0. The zero-order valence-corrected chi connectivity index (χ0v) is 19.0. The van der Waals surface area contributed by atoms with Crippen LogP contribution in [0.25, 0.3) is 0 Å². The van der Waals surface area contributed by atoms with Crippen molar-refractivity contribution in [2.24, 2.45) is 0 Å². The number of anilines is 6. The van der Waals surface area contributed by atoms with Crippen molar-refractivity contribution in [3.05, 3.63) is 72.6 Å². The standard InChI is InChI=1S/C25H31N7/c1-5-26-23-16-21(7-6-18(23)2)28-24-19(3)17-27-25(30-24)29-20-8-10-22(11-9-20)32-14-12-31(4)13-15-32/h5-11,16-17,26H,1,12-15H2,2-4H3,(H2,27,28,29,30). The minimum absolute atomic E-state index is 0.557. The van der Waals surface area contributed by atoms with E-state index in [0.717, 1.165) is 60.2 Å². The average Bonchev–Trinajstić information content (AvgIpc) is 2.80. The molecule has 1 aliphatic heterocycles. The Morgan fingerprint density at radius 1 is 0.906 bits per heavy atom. The van der Waals surface area contributed by atoms with E-state index in [1.165, 1.54) is 5.69 Å². The SMILES string of the molecule is C=CNc1cc(Nc2nc(Nc3ccc(N4CCN(C)CC4)cc3)ncc2C)ccc1C. The number of hydrogen-bond donors (Lipinski definition) is 3. The van der Waals surface area contributed by atoms with Gasteiger partial charge in [-0.25, -0.2) is 4.98 Å². The van der Waals surface area contributed by atoms with E-state index in [-0.39, 0.29) is 0 Å². The molecule has 3 aromatic rings. The van der Waals surface area contributed by atoms with E-state index >= 15 is 0 Å². The number of hydrogen-bond acceptors (Lipinski definition) is 7. The molecule has 0 radical (unpaired) electrons. The molecule has 0 bridgehead atoms. The van der Waals surface area contributed by atoms with Gasteiger partial charge >= 0.3 is 0 Å². The molecule has 1 aromatic heterocycles. The first-order valence-electron chi connectivity index (χ1n) is 10.9. The summed E-state index contributed by atoms with van der Waals surface area (Å²) < 4.78 is 0. The van der Waals surface area contributed by atoms with Crippen LogP contribution in [0.2, 0.25) is 0 Å². The molecular formula is C25H31N7. The van der Waals surface area contributed by atoms with Crippen molar-refractivity contribution in [3.8, 4) is 0 Å². The van der Waals surface area contributed by atoms with Gasteiger partial charge in [-0.1, -0.05) is 12.6 Å². The Labute approximate surface area is 190 Å². The van der Waals surface area contributed by atoms with Crippen molar-refractivity contribution in [1.29, 1.82) is 0 Å². The number of nitrogens with zero attached hydrogens (tertiary/aromatic N) is 4. The van der Waals surface area contributed by atoms with Gasteiger partial charge in [-0.15, -0.1) is 0 Å². The number of rotatable bonds is 7. The van der Waals surface area contributed by atoms with Crippen LogP contribution in [-0.4, -0.2) is 48.1 Å². The van der Waals surface area contributed by atoms with E-state index in [1.54, 1.807) is 6.20 Å². The third-order valence-electron chi connectivity index (χ3n) is 5.72. The van der Waals surface area contributed by atoms with E-state index in [0.29, 0.717) is 5.95 Å². The van der Waals surface area contributed by atoms with Gasteiger partial charge in [-0.3, -0.25) is 0 Å². The lowest BCUT2D eigenvalue weighted by molar-refractivity contribution is 0.313. The maximum atomic E-state index is 4.69. The predicted molar refractivity (Wildman–Crippen MR) is 134 cm³/mol. The highest BCUT2D eigenvalue weighted by atomic mass is 15.2. The number of aryl methyl sites for hydroxylation is 2. The summed E-state index contributed by atoms with van der Waals surface area (Å²) in [5.74, 6) is 1.33. The van der Waals surface area contributed by atoms with Crippen LogP contribution in [0.1, 0.15) is 11.1 Å². The fraction of sp³-hybridized carbons (Fsp3) is 0.280. The number of piperazine rings is 1. The summed E-state index contributed by atoms with van der Waals surface area (Å²) in [6, 6.07) is 14.6. The Hall–Kier alpha value is -3.58. The molecule has 0 atom stereocenters. The minimum atomic E-state index is 0.557. The minimum Gasteiger partial charge on any atom is -0.369 e. The second-order valence-corrected chi connectivity index (χ2v) is 8.19. The van der Waals surface area contributed by atoms with E-state index in [9.17, 15) is 0 Å². The highest BCUT2D eigenvalue weighted by Crippen LogP contribution is 2.26. The van der Waals surface area contributed by atoms with Gasteiger partial charge in [0.15, 0.2) is 0 Å². The number of nitrogens with one attached hydrogen (secondary N) is 3. The first kappa shape index (κ1) is 21.6. The lowest BCUT2D eigenvalue weighted by Crippen LogP contribution is -2.44. The second kappa shape index (κ2) is 9.70. The van der Waals surface area contributed by atoms with Crippen molar-refractivity contribution >= 4 is 34.5 Å². The summed E-state index contributed by atoms with van der Waals surface area (Å²) in [5, 5.41) is 9.89. The highest BCUT2D eigenvalue weighted by molar-refractivity contribution is 5.68. The number of benzene rings is 2. The smallest absolute Gasteiger partial charge is 0.229 e. The third-order valence-corrected chi connectivity index (χ3v) is 5.72. The van der Waals surface area contributed by atoms with Crippen LogP contribution >= 0.6 is 0 Å². The number of likely N-dealkylation sites (N-methyl/N-ethyl adjacent to an activating group) is 1. The maximum absolute atomic E-state index is 4.69. The Bertz CT molecular complexity index is 1070. The zero-order chi connectivity index (χ0) is 22.5. The lowest BCUT2D eigenvalue weighted by Gasteiger charge is -2.34. The third kappa shape index (κ3) is 5.18. The van der Waals surface area contributed by atoms with Crippen molar-refractivity contribution in [2.75, 3.05) is 54.1 Å². The Morgan fingerprint density at radius 3 is 2.34 bits per heavy atom. The molecule has 0 aliphatic carbocycles. The molecule has 2 aromatic carbocycles. The van der Waals surface area contributed by atoms with Crippen LogP contribution in [0.4, 0.5) is 34.5 Å². The van der Waals surface area contributed by atoms with Gasteiger partial charge in [0.1, 0.15) is 5.82 Å². The monoisotopic (exact) mass is 429 g/mol. The van der Waals surface area contributed by atoms with Gasteiger partial charge in [-0.05, 0) is 69.1 Å². The second-order valence-electron chi connectivity index (χ2n) is 8.19. The molecule has 4 rings (SSSR count). The highest BCUT2D eigenvalue weighted by Gasteiger charge is 2.14. The summed E-state index contributed by atoms with van der Waals surface area (Å²) in [5.41, 5.74) is 6.29. The quantitative estimate of drug-likeness (QED) is 0.494. The normalized spacial score (nSPS) is 14.2. The Balaban J connectivity index is 1.46. The van der Waals surface area contributed by atoms with Gasteiger partial charge in [0, 0.05) is 60.7 Å². The van der Waals surface area contributed by atoms with Crippen molar-refractivity contribution in [2.45, 2.75) is 13.8 Å². The van der Waals surface area contributed by atoms with Crippen LogP contribution in [-0.2, 0) is 0 Å². The van der Waals surface area contributed by atoms with E-state index < -0.39 is 0 Å². The van der Waals surface area contributed by atoms with Gasteiger partial charge in [0.2, 0.25) is 5.95 Å². The first-order valence-corrected chi connectivity index (χ1v) is 10.9. The molecule has 0 amide bonds. The van der Waals surface area contributed by atoms with Crippen molar-refractivity contribution in [1.82, 2.24) is 14.9 Å². The van der Waals surface area contributed by atoms with Gasteiger partial charge in [0.25, 0.3) is 0 Å². The fourth-order valence-electron chi connectivity index (χ4n) is 3.68. The van der Waals surface area contributed by atoms with E-state index in [1.807, 2.05) is 25.3 Å². The molecule has 1 saturated heterocycles. The van der Waals surface area contributed by atoms with Gasteiger partial charge in [0.05, 0.1) is 0 Å². The molecule has 0 unspecified atom stereocenters. The largest absolute Gasteiger partial charge is 0.369 e. The summed E-state index contributed by atoms with van der Waals surface area (Å²) >= 11 is 0. The average molecular weight is 430 g/mol. The Kier molecular flexibility index (Phi) is 6.56. The van der Waals surface area contributed by atoms with Crippen molar-refractivity contribution in [3.63, 3.8) is 0 Å². The molecule has 2 heterocycles. The molecule has 0 saturated carbocycles. The molecule has 3 N–H and O–H groups in total. The molecule has 1 aliphatic rings. The summed E-state index contributed by atoms with van der Waals surface area (Å²) in [7, 11) is 2.17. The van der Waals surface area contributed by atoms with Crippen LogP contribution < -0.4 is 20.9 Å².